The first-order valence-corrected chi connectivity index (χ1v) is 7.87. The maximum absolute atomic E-state index is 12.4. The zero-order valence-corrected chi connectivity index (χ0v) is 13.4. The number of hydrogen-bond acceptors (Lipinski definition) is 3. The standard InChI is InChI=1S/C17H15BrN2O/c1-10-13(9-19)16(11-5-7-12(18)8-6-11)17-14(20-10)3-2-4-15(17)21/h5-8,13,16H,2-4H2,1H3/t13?,16-/m0/s1. The number of benzene rings is 1. The number of carbonyl (C=O) groups is 1. The summed E-state index contributed by atoms with van der Waals surface area (Å²) in [5, 5.41) is 9.55. The number of ketones is 1. The van der Waals surface area contributed by atoms with Crippen LogP contribution in [0.15, 0.2) is 45.0 Å². The molecule has 0 saturated carbocycles. The van der Waals surface area contributed by atoms with Gasteiger partial charge in [0, 0.05) is 33.8 Å². The Morgan fingerprint density at radius 2 is 2.00 bits per heavy atom. The second-order valence-corrected chi connectivity index (χ2v) is 6.44. The van der Waals surface area contributed by atoms with Gasteiger partial charge in [-0.15, -0.1) is 0 Å². The third-order valence-electron chi connectivity index (χ3n) is 4.20. The maximum atomic E-state index is 12.4. The van der Waals surface area contributed by atoms with Gasteiger partial charge in [-0.1, -0.05) is 28.1 Å². The number of carbonyl (C=O) groups excluding carboxylic acids is 1. The Morgan fingerprint density at radius 1 is 1.29 bits per heavy atom. The Kier molecular flexibility index (Phi) is 3.77. The van der Waals surface area contributed by atoms with Crippen molar-refractivity contribution in [3.63, 3.8) is 0 Å². The molecule has 4 heteroatoms. The summed E-state index contributed by atoms with van der Waals surface area (Å²) < 4.78 is 0.991. The lowest BCUT2D eigenvalue weighted by molar-refractivity contribution is -0.116. The number of hydrogen-bond donors (Lipinski definition) is 0. The maximum Gasteiger partial charge on any atom is 0.161 e. The van der Waals surface area contributed by atoms with Crippen LogP contribution in [0.1, 0.15) is 37.7 Å². The molecule has 2 atom stereocenters. The lowest BCUT2D eigenvalue weighted by Crippen LogP contribution is -2.30. The first-order valence-electron chi connectivity index (χ1n) is 7.08. The zero-order valence-electron chi connectivity index (χ0n) is 11.8. The third kappa shape index (κ3) is 2.47. The van der Waals surface area contributed by atoms with Crippen LogP contribution in [-0.4, -0.2) is 11.5 Å². The molecule has 0 saturated heterocycles. The highest BCUT2D eigenvalue weighted by Crippen LogP contribution is 2.42. The largest absolute Gasteiger partial charge is 0.294 e. The molecule has 2 aliphatic rings. The monoisotopic (exact) mass is 342 g/mol. The summed E-state index contributed by atoms with van der Waals surface area (Å²) in [6.07, 6.45) is 2.26. The molecule has 21 heavy (non-hydrogen) atoms. The molecule has 3 nitrogen and oxygen atoms in total. The van der Waals surface area contributed by atoms with Gasteiger partial charge >= 0.3 is 0 Å². The van der Waals surface area contributed by atoms with Crippen molar-refractivity contribution in [3.05, 3.63) is 45.6 Å². The second-order valence-electron chi connectivity index (χ2n) is 5.53. The van der Waals surface area contributed by atoms with E-state index in [0.717, 1.165) is 39.9 Å². The molecular weight excluding hydrogens is 328 g/mol. The smallest absolute Gasteiger partial charge is 0.161 e. The second kappa shape index (κ2) is 5.57. The fraction of sp³-hybridized carbons (Fsp3) is 0.353. The van der Waals surface area contributed by atoms with E-state index in [1.807, 2.05) is 31.2 Å². The molecular formula is C17H15BrN2O. The molecule has 0 bridgehead atoms. The summed E-state index contributed by atoms with van der Waals surface area (Å²) >= 11 is 3.43. The van der Waals surface area contributed by atoms with Crippen molar-refractivity contribution in [2.45, 2.75) is 32.1 Å². The van der Waals surface area contributed by atoms with E-state index in [9.17, 15) is 10.1 Å². The third-order valence-corrected chi connectivity index (χ3v) is 4.73. The fourth-order valence-corrected chi connectivity index (χ4v) is 3.47. The predicted molar refractivity (Wildman–Crippen MR) is 85.0 cm³/mol. The first kappa shape index (κ1) is 14.2. The average Bonchev–Trinajstić information content (AvgIpc) is 2.47. The first-order chi connectivity index (χ1) is 10.1. The molecule has 1 unspecified atom stereocenters. The summed E-state index contributed by atoms with van der Waals surface area (Å²) in [7, 11) is 0. The SMILES string of the molecule is CC1=NC2=C(C(=O)CCC2)[C@@H](c2ccc(Br)cc2)C1C#N. The van der Waals surface area contributed by atoms with Crippen LogP contribution in [-0.2, 0) is 4.79 Å². The molecule has 0 radical (unpaired) electrons. The van der Waals surface area contributed by atoms with Crippen LogP contribution in [0.5, 0.6) is 0 Å². The molecule has 0 spiro atoms. The molecule has 0 aromatic heterocycles. The predicted octanol–water partition coefficient (Wildman–Crippen LogP) is 4.15. The number of nitriles is 1. The summed E-state index contributed by atoms with van der Waals surface area (Å²) in [4.78, 5) is 16.9. The topological polar surface area (TPSA) is 53.2 Å². The van der Waals surface area contributed by atoms with Gasteiger partial charge in [0.15, 0.2) is 5.78 Å². The van der Waals surface area contributed by atoms with Crippen molar-refractivity contribution >= 4 is 27.4 Å². The van der Waals surface area contributed by atoms with Gasteiger partial charge in [0.2, 0.25) is 0 Å². The Bertz CT molecular complexity index is 694. The molecule has 1 heterocycles. The highest BCUT2D eigenvalue weighted by molar-refractivity contribution is 9.10. The Hall–Kier alpha value is -1.73. The van der Waals surface area contributed by atoms with Gasteiger partial charge < -0.3 is 0 Å². The van der Waals surface area contributed by atoms with Crippen LogP contribution in [0.25, 0.3) is 0 Å². The molecule has 3 rings (SSSR count). The molecule has 0 amide bonds. The van der Waals surface area contributed by atoms with E-state index in [1.165, 1.54) is 0 Å². The summed E-state index contributed by atoms with van der Waals surface area (Å²) in [6, 6.07) is 10.2. The van der Waals surface area contributed by atoms with E-state index < -0.39 is 0 Å². The van der Waals surface area contributed by atoms with Crippen molar-refractivity contribution in [2.75, 3.05) is 0 Å². The molecule has 1 aromatic carbocycles. The zero-order chi connectivity index (χ0) is 15.0. The molecule has 106 valence electrons. The van der Waals surface area contributed by atoms with Crippen LogP contribution in [0.4, 0.5) is 0 Å². The van der Waals surface area contributed by atoms with Gasteiger partial charge in [0.1, 0.15) is 0 Å². The number of halogens is 1. The van der Waals surface area contributed by atoms with E-state index in [4.69, 9.17) is 0 Å². The Morgan fingerprint density at radius 3 is 2.67 bits per heavy atom. The van der Waals surface area contributed by atoms with Gasteiger partial charge in [0.25, 0.3) is 0 Å². The van der Waals surface area contributed by atoms with Crippen molar-refractivity contribution in [3.8, 4) is 6.07 Å². The van der Waals surface area contributed by atoms with E-state index in [2.05, 4.69) is 27.0 Å². The summed E-state index contributed by atoms with van der Waals surface area (Å²) in [5.41, 5.74) is 3.49. The number of nitrogens with zero attached hydrogens (tertiary/aromatic N) is 2. The van der Waals surface area contributed by atoms with Crippen molar-refractivity contribution in [2.24, 2.45) is 10.9 Å². The minimum absolute atomic E-state index is 0.153. The van der Waals surface area contributed by atoms with Crippen molar-refractivity contribution in [1.29, 1.82) is 5.26 Å². The summed E-state index contributed by atoms with van der Waals surface area (Å²) in [5.74, 6) is -0.379. The number of aliphatic imine (C=N–C) groups is 1. The fourth-order valence-electron chi connectivity index (χ4n) is 3.20. The van der Waals surface area contributed by atoms with Gasteiger partial charge in [-0.05, 0) is 37.5 Å². The summed E-state index contributed by atoms with van der Waals surface area (Å²) in [6.45, 7) is 1.89. The quantitative estimate of drug-likeness (QED) is 0.769. The molecule has 1 aliphatic heterocycles. The Labute approximate surface area is 132 Å². The van der Waals surface area contributed by atoms with E-state index in [0.29, 0.717) is 6.42 Å². The number of Topliss-reactive ketones (excluding diaryl/α,β-unsaturated/α-hetero) is 1. The van der Waals surface area contributed by atoms with Gasteiger partial charge in [-0.3, -0.25) is 9.79 Å². The molecule has 0 fully saturated rings. The van der Waals surface area contributed by atoms with E-state index in [1.54, 1.807) is 0 Å². The highest BCUT2D eigenvalue weighted by atomic mass is 79.9. The molecule has 1 aliphatic carbocycles. The minimum Gasteiger partial charge on any atom is -0.294 e. The minimum atomic E-state index is -0.355. The van der Waals surface area contributed by atoms with Gasteiger partial charge in [-0.25, -0.2) is 0 Å². The van der Waals surface area contributed by atoms with E-state index in [-0.39, 0.29) is 17.6 Å². The lowest BCUT2D eigenvalue weighted by Gasteiger charge is -2.32. The van der Waals surface area contributed by atoms with Crippen molar-refractivity contribution in [1.82, 2.24) is 0 Å². The molecule has 0 N–H and O–H groups in total. The van der Waals surface area contributed by atoms with Gasteiger partial charge in [0.05, 0.1) is 12.0 Å². The highest BCUT2D eigenvalue weighted by Gasteiger charge is 2.38. The van der Waals surface area contributed by atoms with Crippen LogP contribution in [0.3, 0.4) is 0 Å². The number of allylic oxidation sites excluding steroid dienone is 2. The number of rotatable bonds is 1. The normalized spacial score (nSPS) is 25.2. The lowest BCUT2D eigenvalue weighted by atomic mass is 9.72. The van der Waals surface area contributed by atoms with Crippen LogP contribution in [0, 0.1) is 17.2 Å². The van der Waals surface area contributed by atoms with Crippen LogP contribution < -0.4 is 0 Å². The molecule has 1 aromatic rings. The van der Waals surface area contributed by atoms with Crippen LogP contribution in [0.2, 0.25) is 0 Å². The van der Waals surface area contributed by atoms with Gasteiger partial charge in [-0.2, -0.15) is 5.26 Å². The van der Waals surface area contributed by atoms with Crippen LogP contribution >= 0.6 is 15.9 Å². The average molecular weight is 343 g/mol. The van der Waals surface area contributed by atoms with Crippen molar-refractivity contribution < 1.29 is 4.79 Å². The van der Waals surface area contributed by atoms with E-state index >= 15 is 0 Å². The Balaban J connectivity index is 2.16.